The number of nitrogens with one attached hydrogen (secondary N) is 1. The van der Waals surface area contributed by atoms with Crippen LogP contribution in [-0.4, -0.2) is 30.5 Å². The van der Waals surface area contributed by atoms with Crippen molar-refractivity contribution in [3.63, 3.8) is 0 Å². The number of rotatable bonds is 5. The van der Waals surface area contributed by atoms with Crippen molar-refractivity contribution >= 4 is 34.3 Å². The quantitative estimate of drug-likeness (QED) is 0.828. The first-order valence-electron chi connectivity index (χ1n) is 6.98. The minimum absolute atomic E-state index is 0.185. The minimum atomic E-state index is -0.938. The van der Waals surface area contributed by atoms with Gasteiger partial charge in [-0.1, -0.05) is 18.5 Å². The van der Waals surface area contributed by atoms with Gasteiger partial charge in [0.2, 0.25) is 0 Å². The molecule has 0 saturated heterocycles. The van der Waals surface area contributed by atoms with Crippen molar-refractivity contribution in [1.82, 2.24) is 5.32 Å². The van der Waals surface area contributed by atoms with E-state index in [9.17, 15) is 14.7 Å². The zero-order chi connectivity index (χ0) is 16.1. The van der Waals surface area contributed by atoms with E-state index in [0.717, 1.165) is 5.39 Å². The lowest BCUT2D eigenvalue weighted by atomic mass is 9.99. The molecule has 0 amide bonds. The second-order valence-electron chi connectivity index (χ2n) is 5.99. The van der Waals surface area contributed by atoms with E-state index in [1.807, 2.05) is 6.92 Å². The molecule has 1 aromatic heterocycles. The van der Waals surface area contributed by atoms with Crippen LogP contribution in [0.15, 0.2) is 28.9 Å². The molecule has 2 aromatic rings. The highest BCUT2D eigenvalue weighted by Crippen LogP contribution is 2.59. The lowest BCUT2D eigenvalue weighted by Gasteiger charge is -2.09. The largest absolute Gasteiger partial charge is 0.481 e. The third kappa shape index (κ3) is 2.12. The Morgan fingerprint density at radius 2 is 2.14 bits per heavy atom. The van der Waals surface area contributed by atoms with Gasteiger partial charge in [0.15, 0.2) is 11.4 Å². The molecule has 1 aromatic carbocycles. The van der Waals surface area contributed by atoms with E-state index in [2.05, 4.69) is 5.32 Å². The molecule has 0 bridgehead atoms. The molecule has 2 N–H and O–H groups in total. The normalized spacial score (nSPS) is 27.0. The Bertz CT molecular complexity index is 769. The van der Waals surface area contributed by atoms with E-state index in [4.69, 9.17) is 16.0 Å². The predicted molar refractivity (Wildman–Crippen MR) is 82.2 cm³/mol. The molecule has 5 nitrogen and oxygen atoms in total. The summed E-state index contributed by atoms with van der Waals surface area (Å²) in [5, 5.41) is 13.4. The average Bonchev–Trinajstić information content (AvgIpc) is 2.82. The van der Waals surface area contributed by atoms with Crippen molar-refractivity contribution in [1.29, 1.82) is 0 Å². The van der Waals surface area contributed by atoms with Gasteiger partial charge in [-0.15, -0.1) is 0 Å². The highest BCUT2D eigenvalue weighted by Gasteiger charge is 2.68. The van der Waals surface area contributed by atoms with Gasteiger partial charge in [0.05, 0.1) is 17.2 Å². The van der Waals surface area contributed by atoms with Crippen LogP contribution in [0, 0.1) is 17.3 Å². The number of carbonyl (C=O) groups is 2. The molecule has 3 unspecified atom stereocenters. The second-order valence-corrected chi connectivity index (χ2v) is 6.40. The smallest absolute Gasteiger partial charge is 0.307 e. The Labute approximate surface area is 132 Å². The van der Waals surface area contributed by atoms with Crippen molar-refractivity contribution in [2.45, 2.75) is 6.92 Å². The number of hydrogen-bond donors (Lipinski definition) is 2. The number of ketones is 1. The van der Waals surface area contributed by atoms with Gasteiger partial charge in [0, 0.05) is 28.8 Å². The summed E-state index contributed by atoms with van der Waals surface area (Å²) in [6, 6.07) is 4.98. The topological polar surface area (TPSA) is 79.5 Å². The van der Waals surface area contributed by atoms with Crippen LogP contribution in [0.4, 0.5) is 0 Å². The van der Waals surface area contributed by atoms with Gasteiger partial charge in [0.1, 0.15) is 0 Å². The molecule has 22 heavy (non-hydrogen) atoms. The molecule has 116 valence electrons. The van der Waals surface area contributed by atoms with Crippen LogP contribution >= 0.6 is 11.6 Å². The number of Topliss-reactive ketones (excluding diaryl/α,β-unsaturated/α-hetero) is 1. The molecule has 1 saturated carbocycles. The fourth-order valence-corrected chi connectivity index (χ4v) is 3.67. The highest BCUT2D eigenvalue weighted by molar-refractivity contribution is 6.35. The third-order valence-corrected chi connectivity index (χ3v) is 4.82. The van der Waals surface area contributed by atoms with Crippen molar-refractivity contribution in [3.05, 3.63) is 35.0 Å². The lowest BCUT2D eigenvalue weighted by Crippen LogP contribution is -2.22. The van der Waals surface area contributed by atoms with E-state index in [-0.39, 0.29) is 5.78 Å². The van der Waals surface area contributed by atoms with Gasteiger partial charge in [0.25, 0.3) is 0 Å². The Morgan fingerprint density at radius 1 is 1.41 bits per heavy atom. The van der Waals surface area contributed by atoms with Crippen molar-refractivity contribution < 1.29 is 19.1 Å². The molecule has 1 fully saturated rings. The number of halogens is 1. The standard InChI is InChI=1S/C16H16ClNO4/c1-16(7-18-2)11(12(16)15(20)21)13(19)9-5-8-3-4-22-14(8)10(17)6-9/h3-6,11-12,18H,7H2,1-2H3,(H,20,21). The summed E-state index contributed by atoms with van der Waals surface area (Å²) < 4.78 is 5.25. The Kier molecular flexibility index (Phi) is 3.50. The van der Waals surface area contributed by atoms with Crippen molar-refractivity contribution in [2.24, 2.45) is 17.3 Å². The first kappa shape index (κ1) is 15.1. The molecule has 1 heterocycles. The Balaban J connectivity index is 1.97. The summed E-state index contributed by atoms with van der Waals surface area (Å²) in [6.45, 7) is 2.30. The Hall–Kier alpha value is -1.85. The SMILES string of the molecule is CNCC1(C)C(C(=O)O)C1C(=O)c1cc(Cl)c2occc2c1. The second kappa shape index (κ2) is 5.11. The molecule has 0 radical (unpaired) electrons. The maximum Gasteiger partial charge on any atom is 0.307 e. The van der Waals surface area contributed by atoms with Gasteiger partial charge >= 0.3 is 5.97 Å². The zero-order valence-corrected chi connectivity index (χ0v) is 13.0. The van der Waals surface area contributed by atoms with Crippen LogP contribution in [0.2, 0.25) is 5.02 Å². The van der Waals surface area contributed by atoms with E-state index >= 15 is 0 Å². The number of hydrogen-bond acceptors (Lipinski definition) is 4. The molecule has 1 aliphatic carbocycles. The molecule has 0 aliphatic heterocycles. The van der Waals surface area contributed by atoms with E-state index in [1.54, 1.807) is 25.2 Å². The van der Waals surface area contributed by atoms with Crippen LogP contribution in [0.5, 0.6) is 0 Å². The fraction of sp³-hybridized carbons (Fsp3) is 0.375. The summed E-state index contributed by atoms with van der Waals surface area (Å²) in [5.74, 6) is -2.34. The van der Waals surface area contributed by atoms with Crippen molar-refractivity contribution in [2.75, 3.05) is 13.6 Å². The summed E-state index contributed by atoms with van der Waals surface area (Å²) >= 11 is 6.13. The van der Waals surface area contributed by atoms with Crippen molar-refractivity contribution in [3.8, 4) is 0 Å². The van der Waals surface area contributed by atoms with Gasteiger partial charge in [-0.3, -0.25) is 9.59 Å². The maximum absolute atomic E-state index is 12.7. The first-order chi connectivity index (χ1) is 10.4. The summed E-state index contributed by atoms with van der Waals surface area (Å²) in [4.78, 5) is 24.2. The number of fused-ring (bicyclic) bond motifs is 1. The minimum Gasteiger partial charge on any atom is -0.481 e. The van der Waals surface area contributed by atoms with Crippen LogP contribution < -0.4 is 5.32 Å². The van der Waals surface area contributed by atoms with E-state index in [1.165, 1.54) is 6.26 Å². The summed E-state index contributed by atoms with van der Waals surface area (Å²) in [7, 11) is 1.75. The van der Waals surface area contributed by atoms with Gasteiger partial charge < -0.3 is 14.8 Å². The average molecular weight is 322 g/mol. The number of furan rings is 1. The monoisotopic (exact) mass is 321 g/mol. The summed E-state index contributed by atoms with van der Waals surface area (Å²) in [6.07, 6.45) is 1.51. The number of carboxylic acid groups (broad SMARTS) is 1. The first-order valence-corrected chi connectivity index (χ1v) is 7.36. The van der Waals surface area contributed by atoms with Crippen LogP contribution in [-0.2, 0) is 4.79 Å². The number of aliphatic carboxylic acids is 1. The van der Waals surface area contributed by atoms with Crippen LogP contribution in [0.1, 0.15) is 17.3 Å². The lowest BCUT2D eigenvalue weighted by molar-refractivity contribution is -0.139. The predicted octanol–water partition coefficient (Wildman–Crippen LogP) is 2.83. The van der Waals surface area contributed by atoms with Gasteiger partial charge in [-0.2, -0.15) is 0 Å². The third-order valence-electron chi connectivity index (χ3n) is 4.54. The van der Waals surface area contributed by atoms with Crippen LogP contribution in [0.25, 0.3) is 11.0 Å². The van der Waals surface area contributed by atoms with Gasteiger partial charge in [-0.05, 0) is 25.2 Å². The molecule has 3 rings (SSSR count). The van der Waals surface area contributed by atoms with E-state index < -0.39 is 23.2 Å². The molecule has 1 aliphatic rings. The van der Waals surface area contributed by atoms with Gasteiger partial charge in [-0.25, -0.2) is 0 Å². The van der Waals surface area contributed by atoms with E-state index in [0.29, 0.717) is 22.7 Å². The maximum atomic E-state index is 12.7. The molecule has 3 atom stereocenters. The number of benzene rings is 1. The Morgan fingerprint density at radius 3 is 2.77 bits per heavy atom. The molecule has 0 spiro atoms. The fourth-order valence-electron chi connectivity index (χ4n) is 3.40. The number of carbonyl (C=O) groups excluding carboxylic acids is 1. The zero-order valence-electron chi connectivity index (χ0n) is 12.2. The molecular formula is C16H16ClNO4. The van der Waals surface area contributed by atoms with Crippen LogP contribution in [0.3, 0.4) is 0 Å². The summed E-state index contributed by atoms with van der Waals surface area (Å²) in [5.41, 5.74) is 0.381. The molecular weight excluding hydrogens is 306 g/mol. The number of carboxylic acids is 1. The highest BCUT2D eigenvalue weighted by atomic mass is 35.5. The molecule has 6 heteroatoms.